The maximum absolute atomic E-state index is 14.4. The molecule has 138 valence electrons. The monoisotopic (exact) mass is 359 g/mol. The second-order valence-corrected chi connectivity index (χ2v) is 7.98. The van der Waals surface area contributed by atoms with Crippen molar-refractivity contribution in [3.8, 4) is 0 Å². The molecule has 0 unspecified atom stereocenters. The number of likely N-dealkylation sites (tertiary alicyclic amines) is 1. The molecule has 0 spiro atoms. The number of carbonyl (C=O) groups is 2. The SMILES string of the molecule is CC(C)[C@H](C(=O)N1CC(C)(N)C1)N1Cc2c(F)cnc3[nH]cc(c23)C1=O. The minimum absolute atomic E-state index is 0.0524. The molecule has 0 saturated carbocycles. The number of nitrogens with two attached hydrogens (primary N) is 1. The summed E-state index contributed by atoms with van der Waals surface area (Å²) in [6.45, 7) is 6.64. The third-order valence-corrected chi connectivity index (χ3v) is 5.21. The second kappa shape index (κ2) is 5.51. The number of aromatic amines is 1. The van der Waals surface area contributed by atoms with Gasteiger partial charge in [0.1, 0.15) is 17.5 Å². The molecule has 0 radical (unpaired) electrons. The quantitative estimate of drug-likeness (QED) is 0.862. The lowest BCUT2D eigenvalue weighted by molar-refractivity contribution is -0.145. The summed E-state index contributed by atoms with van der Waals surface area (Å²) in [5, 5.41) is 0.514. The van der Waals surface area contributed by atoms with Crippen LogP contribution in [-0.4, -0.2) is 56.3 Å². The zero-order valence-electron chi connectivity index (χ0n) is 15.0. The normalized spacial score (nSPS) is 19.8. The van der Waals surface area contributed by atoms with Gasteiger partial charge in [-0.3, -0.25) is 9.59 Å². The first-order chi connectivity index (χ1) is 12.2. The van der Waals surface area contributed by atoms with Gasteiger partial charge in [-0.25, -0.2) is 9.37 Å². The highest BCUT2D eigenvalue weighted by molar-refractivity contribution is 6.10. The number of amides is 2. The number of carbonyl (C=O) groups excluding carboxylic acids is 2. The van der Waals surface area contributed by atoms with Gasteiger partial charge in [-0.15, -0.1) is 0 Å². The molecular formula is C18H22FN5O2. The first-order valence-corrected chi connectivity index (χ1v) is 8.73. The maximum atomic E-state index is 14.4. The minimum atomic E-state index is -0.663. The Labute approximate surface area is 150 Å². The van der Waals surface area contributed by atoms with Gasteiger partial charge in [-0.2, -0.15) is 0 Å². The van der Waals surface area contributed by atoms with Crippen molar-refractivity contribution in [1.29, 1.82) is 0 Å². The van der Waals surface area contributed by atoms with Crippen LogP contribution < -0.4 is 5.73 Å². The number of rotatable bonds is 3. The van der Waals surface area contributed by atoms with Crippen molar-refractivity contribution < 1.29 is 14.0 Å². The van der Waals surface area contributed by atoms with E-state index in [-0.39, 0.29) is 29.8 Å². The fraction of sp³-hybridized carbons (Fsp3) is 0.500. The molecule has 0 aliphatic carbocycles. The van der Waals surface area contributed by atoms with E-state index in [1.54, 1.807) is 4.90 Å². The van der Waals surface area contributed by atoms with Crippen LogP contribution >= 0.6 is 0 Å². The van der Waals surface area contributed by atoms with Gasteiger partial charge >= 0.3 is 0 Å². The number of hydrogen-bond acceptors (Lipinski definition) is 4. The van der Waals surface area contributed by atoms with E-state index >= 15 is 0 Å². The molecule has 26 heavy (non-hydrogen) atoms. The Hall–Kier alpha value is -2.48. The summed E-state index contributed by atoms with van der Waals surface area (Å²) in [7, 11) is 0. The van der Waals surface area contributed by atoms with Crippen LogP contribution in [0.4, 0.5) is 4.39 Å². The minimum Gasteiger partial charge on any atom is -0.345 e. The van der Waals surface area contributed by atoms with E-state index in [1.165, 1.54) is 11.1 Å². The molecule has 1 fully saturated rings. The number of nitrogens with one attached hydrogen (secondary N) is 1. The lowest BCUT2D eigenvalue weighted by Gasteiger charge is -2.48. The van der Waals surface area contributed by atoms with E-state index in [0.29, 0.717) is 35.2 Å². The van der Waals surface area contributed by atoms with Crippen LogP contribution in [-0.2, 0) is 11.3 Å². The van der Waals surface area contributed by atoms with Gasteiger partial charge < -0.3 is 20.5 Å². The Morgan fingerprint density at radius 1 is 1.42 bits per heavy atom. The second-order valence-electron chi connectivity index (χ2n) is 7.98. The highest BCUT2D eigenvalue weighted by Crippen LogP contribution is 2.33. The number of halogens is 1. The number of pyridine rings is 1. The first-order valence-electron chi connectivity index (χ1n) is 8.73. The summed E-state index contributed by atoms with van der Waals surface area (Å²) in [6, 6.07) is -0.663. The number of aromatic nitrogens is 2. The van der Waals surface area contributed by atoms with Crippen LogP contribution in [0.25, 0.3) is 11.0 Å². The molecule has 1 saturated heterocycles. The Morgan fingerprint density at radius 3 is 2.73 bits per heavy atom. The summed E-state index contributed by atoms with van der Waals surface area (Å²) in [5.74, 6) is -0.999. The Balaban J connectivity index is 1.71. The summed E-state index contributed by atoms with van der Waals surface area (Å²) in [6.07, 6.45) is 2.69. The zero-order chi connectivity index (χ0) is 18.8. The number of H-pyrrole nitrogens is 1. The van der Waals surface area contributed by atoms with Gasteiger partial charge in [0.05, 0.1) is 18.3 Å². The predicted octanol–water partition coefficient (Wildman–Crippen LogP) is 1.24. The maximum Gasteiger partial charge on any atom is 0.257 e. The van der Waals surface area contributed by atoms with Crippen molar-refractivity contribution in [2.75, 3.05) is 13.1 Å². The predicted molar refractivity (Wildman–Crippen MR) is 93.7 cm³/mol. The molecule has 2 aliphatic rings. The van der Waals surface area contributed by atoms with Gasteiger partial charge in [0.25, 0.3) is 5.91 Å². The van der Waals surface area contributed by atoms with E-state index in [1.807, 2.05) is 20.8 Å². The van der Waals surface area contributed by atoms with Crippen molar-refractivity contribution in [3.05, 3.63) is 29.3 Å². The molecule has 4 rings (SSSR count). The molecule has 2 aliphatic heterocycles. The van der Waals surface area contributed by atoms with Crippen LogP contribution in [0.5, 0.6) is 0 Å². The summed E-state index contributed by atoms with van der Waals surface area (Å²) in [4.78, 5) is 36.1. The third-order valence-electron chi connectivity index (χ3n) is 5.21. The lowest BCUT2D eigenvalue weighted by Crippen LogP contribution is -2.69. The van der Waals surface area contributed by atoms with Crippen LogP contribution in [0.2, 0.25) is 0 Å². The van der Waals surface area contributed by atoms with E-state index < -0.39 is 11.9 Å². The molecule has 8 heteroatoms. The van der Waals surface area contributed by atoms with Gasteiger partial charge in [-0.1, -0.05) is 13.8 Å². The van der Waals surface area contributed by atoms with Crippen molar-refractivity contribution in [2.24, 2.45) is 11.7 Å². The Bertz CT molecular complexity index is 912. The summed E-state index contributed by atoms with van der Waals surface area (Å²) >= 11 is 0. The molecule has 2 aromatic heterocycles. The smallest absolute Gasteiger partial charge is 0.257 e. The van der Waals surface area contributed by atoms with E-state index in [4.69, 9.17) is 5.73 Å². The molecule has 0 aromatic carbocycles. The van der Waals surface area contributed by atoms with E-state index in [0.717, 1.165) is 6.20 Å². The van der Waals surface area contributed by atoms with Gasteiger partial charge in [0, 0.05) is 35.8 Å². The molecule has 2 amide bonds. The Kier molecular flexibility index (Phi) is 3.59. The lowest BCUT2D eigenvalue weighted by atomic mass is 9.89. The van der Waals surface area contributed by atoms with Gasteiger partial charge in [0.2, 0.25) is 5.91 Å². The molecule has 2 aromatic rings. The zero-order valence-corrected chi connectivity index (χ0v) is 15.0. The average molecular weight is 359 g/mol. The third kappa shape index (κ3) is 2.39. The molecule has 4 heterocycles. The Morgan fingerprint density at radius 2 is 2.12 bits per heavy atom. The highest BCUT2D eigenvalue weighted by Gasteiger charge is 2.45. The highest BCUT2D eigenvalue weighted by atomic mass is 19.1. The molecule has 0 bridgehead atoms. The summed E-state index contributed by atoms with van der Waals surface area (Å²) < 4.78 is 14.4. The van der Waals surface area contributed by atoms with Gasteiger partial charge in [-0.05, 0) is 12.8 Å². The standard InChI is InChI=1S/C18H22FN5O2/c1-9(2)14(17(26)23-7-18(3,20)8-23)24-6-11-12(19)5-22-15-13(11)10(4-21-15)16(24)25/h4-5,9,14H,6-8,20H2,1-3H3,(H,21,22)/t14-/m1/s1. The molecule has 1 atom stereocenters. The van der Waals surface area contributed by atoms with E-state index in [9.17, 15) is 14.0 Å². The van der Waals surface area contributed by atoms with Crippen LogP contribution in [0.3, 0.4) is 0 Å². The van der Waals surface area contributed by atoms with Crippen LogP contribution in [0, 0.1) is 11.7 Å². The number of hydrogen-bond donors (Lipinski definition) is 2. The van der Waals surface area contributed by atoms with Gasteiger partial charge in [0.15, 0.2) is 0 Å². The average Bonchev–Trinajstić information content (AvgIpc) is 2.97. The molecule has 7 nitrogen and oxygen atoms in total. The largest absolute Gasteiger partial charge is 0.345 e. The van der Waals surface area contributed by atoms with Crippen molar-refractivity contribution in [3.63, 3.8) is 0 Å². The summed E-state index contributed by atoms with van der Waals surface area (Å²) in [5.41, 5.74) is 6.87. The topological polar surface area (TPSA) is 95.3 Å². The van der Waals surface area contributed by atoms with Crippen LogP contribution in [0.1, 0.15) is 36.7 Å². The fourth-order valence-corrected chi connectivity index (χ4v) is 4.03. The van der Waals surface area contributed by atoms with E-state index in [2.05, 4.69) is 9.97 Å². The van der Waals surface area contributed by atoms with Crippen LogP contribution in [0.15, 0.2) is 12.4 Å². The van der Waals surface area contributed by atoms with Crippen molar-refractivity contribution >= 4 is 22.8 Å². The first kappa shape index (κ1) is 17.0. The fourth-order valence-electron chi connectivity index (χ4n) is 4.03. The molecule has 3 N–H and O–H groups in total. The molecular weight excluding hydrogens is 337 g/mol. The van der Waals surface area contributed by atoms with Crippen molar-refractivity contribution in [2.45, 2.75) is 38.9 Å². The van der Waals surface area contributed by atoms with Crippen molar-refractivity contribution in [1.82, 2.24) is 19.8 Å². The number of nitrogens with zero attached hydrogens (tertiary/aromatic N) is 3.